The van der Waals surface area contributed by atoms with Crippen LogP contribution >= 0.6 is 0 Å². The van der Waals surface area contributed by atoms with E-state index >= 15 is 0 Å². The average Bonchev–Trinajstić information content (AvgIpc) is 3.20. The van der Waals surface area contributed by atoms with Crippen molar-refractivity contribution in [2.45, 2.75) is 6.92 Å². The maximum atomic E-state index is 11.6. The number of ether oxygens (including phenoxy) is 1. The summed E-state index contributed by atoms with van der Waals surface area (Å²) in [6.07, 6.45) is 0. The molecule has 0 amide bonds. The van der Waals surface area contributed by atoms with Crippen molar-refractivity contribution in [2.24, 2.45) is 0 Å². The van der Waals surface area contributed by atoms with Crippen molar-refractivity contribution >= 4 is 10.9 Å². The average molecular weight is 337 g/mol. The first-order chi connectivity index (χ1) is 12.1. The molecule has 0 atom stereocenters. The number of benzene rings is 2. The molecule has 7 heteroatoms. The van der Waals surface area contributed by atoms with E-state index in [-0.39, 0.29) is 5.75 Å². The van der Waals surface area contributed by atoms with E-state index in [9.17, 15) is 10.3 Å². The van der Waals surface area contributed by atoms with Crippen molar-refractivity contribution in [3.05, 3.63) is 53.4 Å². The topological polar surface area (TPSA) is 98.2 Å². The predicted molar refractivity (Wildman–Crippen MR) is 91.1 cm³/mol. The zero-order chi connectivity index (χ0) is 17.6. The van der Waals surface area contributed by atoms with Crippen LogP contribution in [0.3, 0.4) is 0 Å². The van der Waals surface area contributed by atoms with Gasteiger partial charge in [0.1, 0.15) is 11.5 Å². The highest BCUT2D eigenvalue weighted by molar-refractivity contribution is 6.00. The zero-order valence-corrected chi connectivity index (χ0v) is 13.6. The summed E-state index contributed by atoms with van der Waals surface area (Å²) in [5.41, 5.74) is 4.21. The summed E-state index contributed by atoms with van der Waals surface area (Å²) in [4.78, 5) is 3.73. The van der Waals surface area contributed by atoms with Gasteiger partial charge in [-0.1, -0.05) is 0 Å². The molecule has 0 aliphatic heterocycles. The molecular weight excluding hydrogens is 322 g/mol. The lowest BCUT2D eigenvalue weighted by molar-refractivity contribution is -0.806. The lowest BCUT2D eigenvalue weighted by atomic mass is 10.0. The Kier molecular flexibility index (Phi) is 3.35. The van der Waals surface area contributed by atoms with Crippen molar-refractivity contribution < 1.29 is 19.4 Å². The molecule has 0 spiro atoms. The summed E-state index contributed by atoms with van der Waals surface area (Å²) < 4.78 is 10.1. The largest absolute Gasteiger partial charge is 0.508 e. The third-order valence-corrected chi connectivity index (χ3v) is 4.23. The number of aromatic hydroxyl groups is 1. The number of fused-ring (bicyclic) bond motifs is 1. The SMILES string of the molecule is COc1ccc(-c2no[n+]([O-])c2C)c2cc(-c3ccc(O)cc3)[nH]c12. The Hall–Kier alpha value is -3.48. The minimum Gasteiger partial charge on any atom is -0.508 e. The molecule has 0 aliphatic rings. The molecule has 2 N–H and O–H groups in total. The Morgan fingerprint density at radius 1 is 1.20 bits per heavy atom. The van der Waals surface area contributed by atoms with Crippen molar-refractivity contribution in [1.82, 2.24) is 10.1 Å². The summed E-state index contributed by atoms with van der Waals surface area (Å²) in [5.74, 6) is 0.885. The molecule has 126 valence electrons. The number of H-pyrrole nitrogens is 1. The summed E-state index contributed by atoms with van der Waals surface area (Å²) >= 11 is 0. The number of hydrogen-bond acceptors (Lipinski definition) is 5. The van der Waals surface area contributed by atoms with Crippen LogP contribution in [0.1, 0.15) is 5.69 Å². The van der Waals surface area contributed by atoms with E-state index in [4.69, 9.17) is 9.37 Å². The van der Waals surface area contributed by atoms with E-state index in [1.165, 1.54) is 0 Å². The monoisotopic (exact) mass is 337 g/mol. The number of nitrogens with zero attached hydrogens (tertiary/aromatic N) is 2. The van der Waals surface area contributed by atoms with Gasteiger partial charge in [-0.2, -0.15) is 0 Å². The molecule has 0 radical (unpaired) electrons. The Morgan fingerprint density at radius 2 is 1.96 bits per heavy atom. The lowest BCUT2D eigenvalue weighted by Crippen LogP contribution is -2.25. The van der Waals surface area contributed by atoms with Gasteiger partial charge < -0.3 is 20.0 Å². The third kappa shape index (κ3) is 2.37. The maximum Gasteiger partial charge on any atom is 0.251 e. The molecule has 4 rings (SSSR count). The van der Waals surface area contributed by atoms with E-state index < -0.39 is 0 Å². The van der Waals surface area contributed by atoms with Crippen molar-refractivity contribution in [1.29, 1.82) is 0 Å². The highest BCUT2D eigenvalue weighted by Crippen LogP contribution is 2.37. The van der Waals surface area contributed by atoms with Crippen molar-refractivity contribution in [3.8, 4) is 34.0 Å². The van der Waals surface area contributed by atoms with Crippen LogP contribution in [0.4, 0.5) is 0 Å². The number of phenols is 1. The lowest BCUT2D eigenvalue weighted by Gasteiger charge is -2.03. The second kappa shape index (κ2) is 5.55. The Morgan fingerprint density at radius 3 is 2.60 bits per heavy atom. The van der Waals surface area contributed by atoms with Crippen LogP contribution in [0.25, 0.3) is 33.4 Å². The number of nitrogens with one attached hydrogen (secondary N) is 1. The minimum absolute atomic E-state index is 0.205. The summed E-state index contributed by atoms with van der Waals surface area (Å²) in [6.45, 7) is 1.66. The van der Waals surface area contributed by atoms with Crippen LogP contribution in [0.2, 0.25) is 0 Å². The Balaban J connectivity index is 1.96. The van der Waals surface area contributed by atoms with Crippen LogP contribution in [0.15, 0.2) is 47.1 Å². The summed E-state index contributed by atoms with van der Waals surface area (Å²) in [5, 5.41) is 25.8. The quantitative estimate of drug-likeness (QED) is 0.560. The normalized spacial score (nSPS) is 11.1. The molecule has 2 heterocycles. The van der Waals surface area contributed by atoms with Crippen LogP contribution in [0.5, 0.6) is 11.5 Å². The van der Waals surface area contributed by atoms with E-state index in [2.05, 4.69) is 10.1 Å². The van der Waals surface area contributed by atoms with E-state index in [0.717, 1.165) is 27.7 Å². The van der Waals surface area contributed by atoms with Crippen LogP contribution < -0.4 is 9.64 Å². The molecule has 0 bridgehead atoms. The van der Waals surface area contributed by atoms with Gasteiger partial charge in [0.05, 0.1) is 12.6 Å². The van der Waals surface area contributed by atoms with E-state index in [1.54, 1.807) is 26.2 Å². The smallest absolute Gasteiger partial charge is 0.251 e. The Labute approximate surface area is 142 Å². The third-order valence-electron chi connectivity index (χ3n) is 4.23. The van der Waals surface area contributed by atoms with E-state index in [0.29, 0.717) is 22.0 Å². The zero-order valence-electron chi connectivity index (χ0n) is 13.6. The summed E-state index contributed by atoms with van der Waals surface area (Å²) in [7, 11) is 1.60. The van der Waals surface area contributed by atoms with Gasteiger partial charge in [0.15, 0.2) is 0 Å². The fourth-order valence-corrected chi connectivity index (χ4v) is 2.90. The fourth-order valence-electron chi connectivity index (χ4n) is 2.90. The van der Waals surface area contributed by atoms with Gasteiger partial charge in [-0.15, -0.1) is 0 Å². The van der Waals surface area contributed by atoms with Gasteiger partial charge in [0, 0.05) is 28.7 Å². The standard InChI is InChI=1S/C18H15N3O4/c1-10-17(20-25-21(10)23)13-7-8-16(24-2)18-14(13)9-15(19-18)11-3-5-12(22)6-4-11/h3-9,19,22H,1-2H3. The maximum absolute atomic E-state index is 11.6. The second-order valence-corrected chi connectivity index (χ2v) is 5.70. The first-order valence-electron chi connectivity index (χ1n) is 7.64. The van der Waals surface area contributed by atoms with E-state index in [1.807, 2.05) is 30.3 Å². The number of methoxy groups -OCH3 is 1. The fraction of sp³-hybridized carbons (Fsp3) is 0.111. The van der Waals surface area contributed by atoms with Crippen LogP contribution in [0, 0.1) is 12.1 Å². The first kappa shape index (κ1) is 15.1. The Bertz CT molecular complexity index is 1060. The molecule has 25 heavy (non-hydrogen) atoms. The van der Waals surface area contributed by atoms with Crippen LogP contribution in [-0.4, -0.2) is 22.4 Å². The molecule has 7 nitrogen and oxygen atoms in total. The molecule has 0 saturated heterocycles. The molecule has 4 aromatic rings. The summed E-state index contributed by atoms with van der Waals surface area (Å²) in [6, 6.07) is 12.5. The van der Waals surface area contributed by atoms with Gasteiger partial charge in [-0.25, -0.2) is 0 Å². The number of aromatic amines is 1. The highest BCUT2D eigenvalue weighted by atomic mass is 16.8. The van der Waals surface area contributed by atoms with Gasteiger partial charge >= 0.3 is 0 Å². The number of phenolic OH excluding ortho intramolecular Hbond substituents is 1. The van der Waals surface area contributed by atoms with Gasteiger partial charge in [-0.05, 0) is 52.9 Å². The molecule has 2 aromatic carbocycles. The number of rotatable bonds is 3. The molecule has 0 aliphatic carbocycles. The molecule has 0 fully saturated rings. The predicted octanol–water partition coefficient (Wildman–Crippen LogP) is 3.15. The molecule has 2 aromatic heterocycles. The minimum atomic E-state index is 0.205. The van der Waals surface area contributed by atoms with Crippen LogP contribution in [-0.2, 0) is 0 Å². The highest BCUT2D eigenvalue weighted by Gasteiger charge is 2.21. The molecular formula is C18H15N3O4. The first-order valence-corrected chi connectivity index (χ1v) is 7.64. The molecule has 0 saturated carbocycles. The van der Waals surface area contributed by atoms with Gasteiger partial charge in [0.25, 0.3) is 5.69 Å². The van der Waals surface area contributed by atoms with Crippen molar-refractivity contribution in [2.75, 3.05) is 7.11 Å². The molecule has 0 unspecified atom stereocenters. The van der Waals surface area contributed by atoms with Gasteiger partial charge in [0.2, 0.25) is 5.69 Å². The number of hydrogen-bond donors (Lipinski definition) is 2. The second-order valence-electron chi connectivity index (χ2n) is 5.70. The van der Waals surface area contributed by atoms with Gasteiger partial charge in [-0.3, -0.25) is 4.63 Å². The number of aromatic nitrogens is 3. The van der Waals surface area contributed by atoms with Crippen molar-refractivity contribution in [3.63, 3.8) is 0 Å².